The summed E-state index contributed by atoms with van der Waals surface area (Å²) < 4.78 is 28.2. The molecule has 0 N–H and O–H groups in total. The number of hydrogen-bond donors (Lipinski definition) is 0. The van der Waals surface area contributed by atoms with Gasteiger partial charge in [0.25, 0.3) is 0 Å². The number of carbonyl (C=O) groups is 1. The van der Waals surface area contributed by atoms with Crippen molar-refractivity contribution < 1.29 is 13.6 Å². The van der Waals surface area contributed by atoms with Gasteiger partial charge in [0.15, 0.2) is 16.8 Å². The van der Waals surface area contributed by atoms with E-state index in [9.17, 15) is 13.6 Å². The third-order valence-corrected chi connectivity index (χ3v) is 5.32. The molecule has 0 radical (unpaired) electrons. The van der Waals surface area contributed by atoms with E-state index in [2.05, 4.69) is 10.2 Å². The van der Waals surface area contributed by atoms with Crippen LogP contribution in [-0.2, 0) is 0 Å². The molecule has 1 heterocycles. The third-order valence-electron chi connectivity index (χ3n) is 4.39. The normalized spacial score (nSPS) is 12.4. The first-order chi connectivity index (χ1) is 13.4. The van der Waals surface area contributed by atoms with E-state index in [1.807, 2.05) is 30.5 Å². The zero-order valence-electron chi connectivity index (χ0n) is 15.8. The Morgan fingerprint density at radius 1 is 1.04 bits per heavy atom. The van der Waals surface area contributed by atoms with Gasteiger partial charge in [-0.1, -0.05) is 11.8 Å². The number of thioether (sulfide) groups is 1. The molecule has 146 valence electrons. The van der Waals surface area contributed by atoms with Crippen molar-refractivity contribution in [2.24, 2.45) is 0 Å². The van der Waals surface area contributed by atoms with Crippen LogP contribution >= 0.6 is 11.8 Å². The van der Waals surface area contributed by atoms with Crippen molar-refractivity contribution in [3.05, 3.63) is 71.6 Å². The molecule has 28 heavy (non-hydrogen) atoms. The van der Waals surface area contributed by atoms with E-state index in [-0.39, 0.29) is 29.2 Å². The summed E-state index contributed by atoms with van der Waals surface area (Å²) in [6.45, 7) is 1.99. The highest BCUT2D eigenvalue weighted by Gasteiger charge is 2.21. The minimum atomic E-state index is -0.387. The number of rotatable bonds is 7. The number of Topliss-reactive ketones (excluding diaryl/α,β-unsaturated/α-hetero) is 1. The van der Waals surface area contributed by atoms with Crippen LogP contribution in [0.1, 0.15) is 29.1 Å². The van der Waals surface area contributed by atoms with Crippen LogP contribution in [0.3, 0.4) is 0 Å². The van der Waals surface area contributed by atoms with Gasteiger partial charge in [-0.25, -0.2) is 8.78 Å². The third kappa shape index (κ3) is 4.45. The largest absolute Gasteiger partial charge is 0.300 e. The predicted molar refractivity (Wildman–Crippen MR) is 105 cm³/mol. The first-order valence-corrected chi connectivity index (χ1v) is 9.64. The number of ketones is 1. The molecule has 2 aromatic carbocycles. The Labute approximate surface area is 166 Å². The quantitative estimate of drug-likeness (QED) is 0.439. The molecule has 3 rings (SSSR count). The average molecular weight is 402 g/mol. The highest BCUT2D eigenvalue weighted by Crippen LogP contribution is 2.27. The van der Waals surface area contributed by atoms with Crippen molar-refractivity contribution >= 4 is 17.5 Å². The Morgan fingerprint density at radius 2 is 1.61 bits per heavy atom. The lowest BCUT2D eigenvalue weighted by Crippen LogP contribution is -2.20. The molecule has 0 saturated carbocycles. The standard InChI is InChI=1S/C20H20F2N4OS/c1-13(25(2)3)19-23-24-20(26(19)17-10-8-16(22)9-11-17)28-12-18(27)14-4-6-15(21)7-5-14/h4-11,13H,12H2,1-3H3/t13-/m1/s1. The molecule has 8 heteroatoms. The van der Waals surface area contributed by atoms with Crippen molar-refractivity contribution in [2.75, 3.05) is 19.8 Å². The number of aromatic nitrogens is 3. The molecule has 0 spiro atoms. The van der Waals surface area contributed by atoms with Crippen LogP contribution in [0.2, 0.25) is 0 Å². The van der Waals surface area contributed by atoms with Gasteiger partial charge in [-0.2, -0.15) is 0 Å². The Bertz CT molecular complexity index is 955. The highest BCUT2D eigenvalue weighted by molar-refractivity contribution is 7.99. The van der Waals surface area contributed by atoms with Crippen LogP contribution in [0, 0.1) is 11.6 Å². The number of carbonyl (C=O) groups excluding carboxylic acids is 1. The van der Waals surface area contributed by atoms with Crippen LogP contribution < -0.4 is 0 Å². The Morgan fingerprint density at radius 3 is 2.18 bits per heavy atom. The number of halogens is 2. The summed E-state index contributed by atoms with van der Waals surface area (Å²) in [6.07, 6.45) is 0. The molecule has 0 amide bonds. The number of benzene rings is 2. The second-order valence-electron chi connectivity index (χ2n) is 6.51. The van der Waals surface area contributed by atoms with Gasteiger partial charge >= 0.3 is 0 Å². The summed E-state index contributed by atoms with van der Waals surface area (Å²) in [6, 6.07) is 11.4. The number of nitrogens with zero attached hydrogens (tertiary/aromatic N) is 4. The highest BCUT2D eigenvalue weighted by atomic mass is 32.2. The molecule has 0 aliphatic carbocycles. The topological polar surface area (TPSA) is 51.0 Å². The zero-order chi connectivity index (χ0) is 20.3. The fourth-order valence-electron chi connectivity index (χ4n) is 2.56. The van der Waals surface area contributed by atoms with Crippen LogP contribution in [-0.4, -0.2) is 45.3 Å². The Balaban J connectivity index is 1.89. The van der Waals surface area contributed by atoms with Gasteiger partial charge in [0.2, 0.25) is 0 Å². The molecule has 5 nitrogen and oxygen atoms in total. The van der Waals surface area contributed by atoms with E-state index in [0.29, 0.717) is 22.2 Å². The second kappa shape index (κ2) is 8.62. The number of hydrogen-bond acceptors (Lipinski definition) is 5. The fourth-order valence-corrected chi connectivity index (χ4v) is 3.41. The van der Waals surface area contributed by atoms with Gasteiger partial charge in [-0.15, -0.1) is 10.2 Å². The molecule has 0 fully saturated rings. The minimum Gasteiger partial charge on any atom is -0.300 e. The summed E-state index contributed by atoms with van der Waals surface area (Å²) in [5.41, 5.74) is 1.15. The van der Waals surface area contributed by atoms with Gasteiger partial charge in [-0.05, 0) is 69.6 Å². The second-order valence-corrected chi connectivity index (χ2v) is 7.45. The fraction of sp³-hybridized carbons (Fsp3) is 0.250. The summed E-state index contributed by atoms with van der Waals surface area (Å²) in [7, 11) is 3.86. The smallest absolute Gasteiger partial charge is 0.196 e. The van der Waals surface area contributed by atoms with Crippen molar-refractivity contribution in [2.45, 2.75) is 18.1 Å². The monoisotopic (exact) mass is 402 g/mol. The van der Waals surface area contributed by atoms with Crippen molar-refractivity contribution in [3.63, 3.8) is 0 Å². The molecule has 0 unspecified atom stereocenters. The van der Waals surface area contributed by atoms with Crippen LogP contribution in [0.5, 0.6) is 0 Å². The summed E-state index contributed by atoms with van der Waals surface area (Å²) in [4.78, 5) is 14.4. The molecule has 3 aromatic rings. The molecule has 0 bridgehead atoms. The molecule has 1 aromatic heterocycles. The van der Waals surface area contributed by atoms with Crippen molar-refractivity contribution in [3.8, 4) is 5.69 Å². The minimum absolute atomic E-state index is 0.0419. The molecular weight excluding hydrogens is 382 g/mol. The summed E-state index contributed by atoms with van der Waals surface area (Å²) in [5, 5.41) is 9.07. The molecule has 0 saturated heterocycles. The van der Waals surface area contributed by atoms with Gasteiger partial charge in [0.05, 0.1) is 11.8 Å². The Kier molecular flexibility index (Phi) is 6.21. The van der Waals surface area contributed by atoms with E-state index >= 15 is 0 Å². The SMILES string of the molecule is C[C@H](c1nnc(SCC(=O)c2ccc(F)cc2)n1-c1ccc(F)cc1)N(C)C. The lowest BCUT2D eigenvalue weighted by atomic mass is 10.1. The van der Waals surface area contributed by atoms with Crippen LogP contribution in [0.4, 0.5) is 8.78 Å². The summed E-state index contributed by atoms with van der Waals surface area (Å²) >= 11 is 1.24. The van der Waals surface area contributed by atoms with E-state index in [0.717, 1.165) is 0 Å². The zero-order valence-corrected chi connectivity index (χ0v) is 16.6. The molecule has 0 aliphatic rings. The van der Waals surface area contributed by atoms with Crippen molar-refractivity contribution in [1.82, 2.24) is 19.7 Å². The van der Waals surface area contributed by atoms with E-state index in [4.69, 9.17) is 0 Å². The maximum Gasteiger partial charge on any atom is 0.196 e. The van der Waals surface area contributed by atoms with Gasteiger partial charge in [-0.3, -0.25) is 14.3 Å². The maximum atomic E-state index is 13.4. The van der Waals surface area contributed by atoms with Crippen LogP contribution in [0.25, 0.3) is 5.69 Å². The van der Waals surface area contributed by atoms with Crippen molar-refractivity contribution in [1.29, 1.82) is 0 Å². The van der Waals surface area contributed by atoms with Gasteiger partial charge in [0, 0.05) is 11.3 Å². The molecular formula is C20H20F2N4OS. The van der Waals surface area contributed by atoms with E-state index in [1.54, 1.807) is 12.1 Å². The van der Waals surface area contributed by atoms with E-state index < -0.39 is 0 Å². The van der Waals surface area contributed by atoms with Gasteiger partial charge < -0.3 is 0 Å². The summed E-state index contributed by atoms with van der Waals surface area (Å²) in [5.74, 6) is -0.0436. The Hall–Kier alpha value is -2.58. The average Bonchev–Trinajstić information content (AvgIpc) is 3.10. The predicted octanol–water partition coefficient (Wildman–Crippen LogP) is 4.14. The first-order valence-electron chi connectivity index (χ1n) is 8.66. The lowest BCUT2D eigenvalue weighted by molar-refractivity contribution is 0.102. The lowest BCUT2D eigenvalue weighted by Gasteiger charge is -2.20. The van der Waals surface area contributed by atoms with Crippen LogP contribution in [0.15, 0.2) is 53.7 Å². The maximum absolute atomic E-state index is 13.4. The van der Waals surface area contributed by atoms with E-state index in [1.165, 1.54) is 48.2 Å². The molecule has 0 aliphatic heterocycles. The first kappa shape index (κ1) is 20.2. The molecule has 1 atom stereocenters. The van der Waals surface area contributed by atoms with Gasteiger partial charge in [0.1, 0.15) is 11.6 Å².